The van der Waals surface area contributed by atoms with Gasteiger partial charge in [-0.2, -0.15) is 0 Å². The highest BCUT2D eigenvalue weighted by Crippen LogP contribution is 2.37. The fraction of sp³-hybridized carbons (Fsp3) is 0.138. The van der Waals surface area contributed by atoms with Crippen molar-refractivity contribution in [2.45, 2.75) is 18.2 Å². The Bertz CT molecular complexity index is 1040. The average molecular weight is 547 g/mol. The fourth-order valence-corrected chi connectivity index (χ4v) is 4.65. The first-order valence-corrected chi connectivity index (χ1v) is 12.5. The molecule has 0 heterocycles. The van der Waals surface area contributed by atoms with Gasteiger partial charge < -0.3 is 4.74 Å². The number of benzene rings is 4. The highest BCUT2D eigenvalue weighted by molar-refractivity contribution is 14.1. The zero-order chi connectivity index (χ0) is 22.9. The van der Waals surface area contributed by atoms with Crippen LogP contribution in [0.3, 0.4) is 0 Å². The molecule has 4 aromatic rings. The van der Waals surface area contributed by atoms with Crippen molar-refractivity contribution in [1.29, 1.82) is 0 Å². The summed E-state index contributed by atoms with van der Waals surface area (Å²) >= 11 is 2.25. The molecule has 0 radical (unpaired) electrons. The SMILES string of the molecule is O=C(OCc1ccccc1)[C@H](CI)NC(c1ccccc1)(c1ccccc1)c1ccccc1. The largest absolute Gasteiger partial charge is 0.460 e. The summed E-state index contributed by atoms with van der Waals surface area (Å²) in [6.45, 7) is 0.253. The summed E-state index contributed by atoms with van der Waals surface area (Å²) in [7, 11) is 0. The van der Waals surface area contributed by atoms with Crippen molar-refractivity contribution in [1.82, 2.24) is 5.32 Å². The highest BCUT2D eigenvalue weighted by Gasteiger charge is 2.39. The summed E-state index contributed by atoms with van der Waals surface area (Å²) in [4.78, 5) is 13.2. The summed E-state index contributed by atoms with van der Waals surface area (Å²) in [5, 5.41) is 3.72. The van der Waals surface area contributed by atoms with Crippen molar-refractivity contribution in [2.75, 3.05) is 4.43 Å². The molecule has 3 nitrogen and oxygen atoms in total. The third-order valence-electron chi connectivity index (χ3n) is 5.67. The number of hydrogen-bond acceptors (Lipinski definition) is 3. The van der Waals surface area contributed by atoms with Gasteiger partial charge in [0, 0.05) is 4.43 Å². The molecule has 0 saturated carbocycles. The summed E-state index contributed by atoms with van der Waals surface area (Å²) in [6.07, 6.45) is 0. The van der Waals surface area contributed by atoms with Crippen LogP contribution in [0.1, 0.15) is 22.3 Å². The van der Waals surface area contributed by atoms with Crippen molar-refractivity contribution in [3.8, 4) is 0 Å². The van der Waals surface area contributed by atoms with E-state index in [9.17, 15) is 4.79 Å². The van der Waals surface area contributed by atoms with Gasteiger partial charge in [0.15, 0.2) is 0 Å². The van der Waals surface area contributed by atoms with Gasteiger partial charge in [0.2, 0.25) is 0 Å². The van der Waals surface area contributed by atoms with E-state index in [1.54, 1.807) is 0 Å². The molecule has 0 aromatic heterocycles. The highest BCUT2D eigenvalue weighted by atomic mass is 127. The molecular formula is C29H26INO2. The minimum atomic E-state index is -0.717. The number of alkyl halides is 1. The standard InChI is InChI=1S/C29H26INO2/c30-21-27(28(32)33-22-23-13-5-1-6-14-23)31-29(24-15-7-2-8-16-24,25-17-9-3-10-18-25)26-19-11-4-12-20-26/h1-20,27,31H,21-22H2/t27-/m0/s1. The fourth-order valence-electron chi connectivity index (χ4n) is 4.07. The van der Waals surface area contributed by atoms with Crippen LogP contribution in [-0.4, -0.2) is 16.4 Å². The van der Waals surface area contributed by atoms with Crippen LogP contribution < -0.4 is 5.32 Å². The number of rotatable bonds is 9. The van der Waals surface area contributed by atoms with Crippen molar-refractivity contribution in [3.05, 3.63) is 144 Å². The number of nitrogens with one attached hydrogen (secondary N) is 1. The maximum atomic E-state index is 13.2. The number of hydrogen-bond donors (Lipinski definition) is 1. The molecule has 0 amide bonds. The summed E-state index contributed by atoms with van der Waals surface area (Å²) in [6, 6.07) is 40.1. The number of carbonyl (C=O) groups is 1. The molecule has 0 spiro atoms. The van der Waals surface area contributed by atoms with Gasteiger partial charge in [-0.1, -0.05) is 144 Å². The van der Waals surface area contributed by atoms with E-state index in [0.29, 0.717) is 4.43 Å². The van der Waals surface area contributed by atoms with E-state index in [2.05, 4.69) is 64.3 Å². The maximum absolute atomic E-state index is 13.2. The van der Waals surface area contributed by atoms with Gasteiger partial charge in [-0.05, 0) is 22.3 Å². The lowest BCUT2D eigenvalue weighted by Gasteiger charge is -2.39. The van der Waals surface area contributed by atoms with Crippen LogP contribution in [0.5, 0.6) is 0 Å². The zero-order valence-corrected chi connectivity index (χ0v) is 20.4. The Morgan fingerprint density at radius 2 is 1.09 bits per heavy atom. The minimum absolute atomic E-state index is 0.253. The molecule has 0 fully saturated rings. The minimum Gasteiger partial charge on any atom is -0.460 e. The van der Waals surface area contributed by atoms with Crippen LogP contribution in [0.25, 0.3) is 0 Å². The van der Waals surface area contributed by atoms with E-state index in [-0.39, 0.29) is 12.6 Å². The van der Waals surface area contributed by atoms with Gasteiger partial charge in [-0.15, -0.1) is 0 Å². The first-order chi connectivity index (χ1) is 16.2. The lowest BCUT2D eigenvalue weighted by atomic mass is 9.76. The van der Waals surface area contributed by atoms with Gasteiger partial charge in [0.1, 0.15) is 12.6 Å². The van der Waals surface area contributed by atoms with Crippen molar-refractivity contribution in [2.24, 2.45) is 0 Å². The monoisotopic (exact) mass is 547 g/mol. The van der Waals surface area contributed by atoms with Crippen LogP contribution >= 0.6 is 22.6 Å². The molecule has 0 aliphatic heterocycles. The Morgan fingerprint density at radius 1 is 0.697 bits per heavy atom. The molecule has 0 saturated heterocycles. The predicted octanol–water partition coefficient (Wildman–Crippen LogP) is 6.12. The quantitative estimate of drug-likeness (QED) is 0.119. The van der Waals surface area contributed by atoms with Gasteiger partial charge in [-0.3, -0.25) is 10.1 Å². The second-order valence-corrected chi connectivity index (χ2v) is 8.67. The van der Waals surface area contributed by atoms with Gasteiger partial charge in [0.05, 0.1) is 5.54 Å². The van der Waals surface area contributed by atoms with Crippen molar-refractivity contribution in [3.63, 3.8) is 0 Å². The van der Waals surface area contributed by atoms with Crippen LogP contribution in [0, 0.1) is 0 Å². The van der Waals surface area contributed by atoms with E-state index in [1.165, 1.54) is 0 Å². The van der Waals surface area contributed by atoms with Crippen molar-refractivity contribution >= 4 is 28.6 Å². The van der Waals surface area contributed by atoms with E-state index in [4.69, 9.17) is 4.74 Å². The van der Waals surface area contributed by atoms with E-state index < -0.39 is 11.6 Å². The molecule has 0 unspecified atom stereocenters. The average Bonchev–Trinajstić information content (AvgIpc) is 2.90. The molecule has 4 heteroatoms. The van der Waals surface area contributed by atoms with Gasteiger partial charge >= 0.3 is 5.97 Å². The molecule has 1 N–H and O–H groups in total. The smallest absolute Gasteiger partial charge is 0.324 e. The third kappa shape index (κ3) is 5.34. The molecular weight excluding hydrogens is 521 g/mol. The second kappa shape index (κ2) is 11.3. The Hall–Kier alpha value is -2.96. The molecule has 33 heavy (non-hydrogen) atoms. The predicted molar refractivity (Wildman–Crippen MR) is 141 cm³/mol. The Labute approximate surface area is 209 Å². The van der Waals surface area contributed by atoms with Crippen LogP contribution in [0.4, 0.5) is 0 Å². The van der Waals surface area contributed by atoms with E-state index >= 15 is 0 Å². The lowest BCUT2D eigenvalue weighted by molar-refractivity contribution is -0.147. The topological polar surface area (TPSA) is 38.3 Å². The first kappa shape index (κ1) is 23.2. The van der Waals surface area contributed by atoms with Gasteiger partial charge in [-0.25, -0.2) is 0 Å². The van der Waals surface area contributed by atoms with Crippen LogP contribution in [-0.2, 0) is 21.7 Å². The molecule has 4 aromatic carbocycles. The molecule has 166 valence electrons. The number of carbonyl (C=O) groups excluding carboxylic acids is 1. The van der Waals surface area contributed by atoms with E-state index in [0.717, 1.165) is 22.3 Å². The number of ether oxygens (including phenoxy) is 1. The van der Waals surface area contributed by atoms with Crippen molar-refractivity contribution < 1.29 is 9.53 Å². The third-order valence-corrected chi connectivity index (χ3v) is 6.55. The number of esters is 1. The summed E-state index contributed by atoms with van der Waals surface area (Å²) in [5.41, 5.74) is 3.44. The Kier molecular flexibility index (Phi) is 7.92. The normalized spacial score (nSPS) is 12.2. The second-order valence-electron chi connectivity index (χ2n) is 7.79. The maximum Gasteiger partial charge on any atom is 0.324 e. The Morgan fingerprint density at radius 3 is 1.48 bits per heavy atom. The zero-order valence-electron chi connectivity index (χ0n) is 18.2. The molecule has 1 atom stereocenters. The molecule has 0 bridgehead atoms. The van der Waals surface area contributed by atoms with Gasteiger partial charge in [0.25, 0.3) is 0 Å². The summed E-state index contributed by atoms with van der Waals surface area (Å²) in [5.74, 6) is -0.263. The van der Waals surface area contributed by atoms with E-state index in [1.807, 2.05) is 84.9 Å². The number of halogens is 1. The summed E-state index contributed by atoms with van der Waals surface area (Å²) < 4.78 is 6.30. The molecule has 0 aliphatic rings. The molecule has 0 aliphatic carbocycles. The first-order valence-electron chi connectivity index (χ1n) is 10.9. The van der Waals surface area contributed by atoms with Crippen LogP contribution in [0.15, 0.2) is 121 Å². The lowest BCUT2D eigenvalue weighted by Crippen LogP contribution is -2.53. The Balaban J connectivity index is 1.75. The molecule has 4 rings (SSSR count). The van der Waals surface area contributed by atoms with Crippen LogP contribution in [0.2, 0.25) is 0 Å².